The minimum atomic E-state index is -0.413. The van der Waals surface area contributed by atoms with Crippen LogP contribution in [0.5, 0.6) is 0 Å². The Morgan fingerprint density at radius 1 is 1.43 bits per heavy atom. The summed E-state index contributed by atoms with van der Waals surface area (Å²) in [5.41, 5.74) is 3.02. The first-order valence-corrected chi connectivity index (χ1v) is 4.82. The summed E-state index contributed by atoms with van der Waals surface area (Å²) in [4.78, 5) is 22.4. The van der Waals surface area contributed by atoms with Crippen LogP contribution in [-0.2, 0) is 11.2 Å². The predicted octanol–water partition coefficient (Wildman–Crippen LogP) is 1.94. The Kier molecular flexibility index (Phi) is 2.20. The lowest BCUT2D eigenvalue weighted by Gasteiger charge is -2.20. The SMILES string of the molecule is Cc1cccc2c1CCC(C=O)C2=O. The summed E-state index contributed by atoms with van der Waals surface area (Å²) in [6.45, 7) is 2.01. The van der Waals surface area contributed by atoms with Gasteiger partial charge in [0.05, 0.1) is 5.92 Å². The van der Waals surface area contributed by atoms with Crippen LogP contribution in [-0.4, -0.2) is 12.1 Å². The number of benzene rings is 1. The predicted molar refractivity (Wildman–Crippen MR) is 53.4 cm³/mol. The van der Waals surface area contributed by atoms with Gasteiger partial charge in [-0.05, 0) is 30.9 Å². The van der Waals surface area contributed by atoms with Crippen molar-refractivity contribution < 1.29 is 9.59 Å². The molecule has 0 bridgehead atoms. The Morgan fingerprint density at radius 2 is 2.21 bits per heavy atom. The van der Waals surface area contributed by atoms with Crippen molar-refractivity contribution in [3.05, 3.63) is 34.9 Å². The molecule has 0 fully saturated rings. The molecule has 2 nitrogen and oxygen atoms in total. The van der Waals surface area contributed by atoms with Gasteiger partial charge in [-0.3, -0.25) is 4.79 Å². The Bertz CT molecular complexity index is 393. The van der Waals surface area contributed by atoms with E-state index in [1.54, 1.807) is 0 Å². The van der Waals surface area contributed by atoms with Gasteiger partial charge in [0, 0.05) is 5.56 Å². The lowest BCUT2D eigenvalue weighted by atomic mass is 9.82. The van der Waals surface area contributed by atoms with Gasteiger partial charge in [-0.1, -0.05) is 18.2 Å². The molecule has 2 heteroatoms. The fourth-order valence-electron chi connectivity index (χ4n) is 2.03. The fourth-order valence-corrected chi connectivity index (χ4v) is 2.03. The molecule has 0 aromatic heterocycles. The van der Waals surface area contributed by atoms with E-state index in [9.17, 15) is 9.59 Å². The summed E-state index contributed by atoms with van der Waals surface area (Å²) >= 11 is 0. The number of carbonyl (C=O) groups excluding carboxylic acids is 2. The molecule has 0 N–H and O–H groups in total. The number of Topliss-reactive ketones (excluding diaryl/α,β-unsaturated/α-hetero) is 1. The summed E-state index contributed by atoms with van der Waals surface area (Å²) in [5, 5.41) is 0. The number of aryl methyl sites for hydroxylation is 1. The number of aldehydes is 1. The summed E-state index contributed by atoms with van der Waals surface area (Å²) in [5.74, 6) is -0.422. The van der Waals surface area contributed by atoms with Gasteiger partial charge in [-0.2, -0.15) is 0 Å². The van der Waals surface area contributed by atoms with Crippen LogP contribution in [0.4, 0.5) is 0 Å². The molecule has 1 aromatic rings. The molecule has 1 atom stereocenters. The standard InChI is InChI=1S/C12H12O2/c1-8-3-2-4-11-10(8)6-5-9(7-13)12(11)14/h2-4,7,9H,5-6H2,1H3. The number of ketones is 1. The first kappa shape index (κ1) is 9.13. The highest BCUT2D eigenvalue weighted by Gasteiger charge is 2.27. The van der Waals surface area contributed by atoms with Crippen LogP contribution in [0.15, 0.2) is 18.2 Å². The van der Waals surface area contributed by atoms with Gasteiger partial charge in [0.25, 0.3) is 0 Å². The lowest BCUT2D eigenvalue weighted by molar-refractivity contribution is -0.110. The topological polar surface area (TPSA) is 34.1 Å². The van der Waals surface area contributed by atoms with Crippen LogP contribution in [0.3, 0.4) is 0 Å². The van der Waals surface area contributed by atoms with E-state index in [-0.39, 0.29) is 5.78 Å². The molecule has 2 rings (SSSR count). The van der Waals surface area contributed by atoms with Crippen LogP contribution < -0.4 is 0 Å². The molecule has 0 saturated carbocycles. The Balaban J connectivity index is 2.51. The van der Waals surface area contributed by atoms with Crippen LogP contribution in [0.2, 0.25) is 0 Å². The minimum absolute atomic E-state index is 0.00931. The van der Waals surface area contributed by atoms with Gasteiger partial charge in [0.2, 0.25) is 0 Å². The van der Waals surface area contributed by atoms with Crippen LogP contribution in [0.25, 0.3) is 0 Å². The van der Waals surface area contributed by atoms with Crippen molar-refractivity contribution in [2.75, 3.05) is 0 Å². The zero-order valence-electron chi connectivity index (χ0n) is 8.12. The van der Waals surface area contributed by atoms with Crippen molar-refractivity contribution in [1.29, 1.82) is 0 Å². The van der Waals surface area contributed by atoms with Gasteiger partial charge >= 0.3 is 0 Å². The van der Waals surface area contributed by atoms with E-state index < -0.39 is 5.92 Å². The second-order valence-corrected chi connectivity index (χ2v) is 3.75. The summed E-state index contributed by atoms with van der Waals surface area (Å²) in [6, 6.07) is 5.70. The maximum absolute atomic E-state index is 11.8. The van der Waals surface area contributed by atoms with E-state index in [0.717, 1.165) is 29.4 Å². The van der Waals surface area contributed by atoms with Crippen LogP contribution in [0.1, 0.15) is 27.9 Å². The Hall–Kier alpha value is -1.44. The Morgan fingerprint density at radius 3 is 2.93 bits per heavy atom. The number of hydrogen-bond acceptors (Lipinski definition) is 2. The van der Waals surface area contributed by atoms with Crippen molar-refractivity contribution in [1.82, 2.24) is 0 Å². The maximum Gasteiger partial charge on any atom is 0.173 e. The summed E-state index contributed by atoms with van der Waals surface area (Å²) < 4.78 is 0. The van der Waals surface area contributed by atoms with Gasteiger partial charge < -0.3 is 4.79 Å². The average molecular weight is 188 g/mol. The van der Waals surface area contributed by atoms with Gasteiger partial charge in [0.1, 0.15) is 6.29 Å². The minimum Gasteiger partial charge on any atom is -0.303 e. The lowest BCUT2D eigenvalue weighted by Crippen LogP contribution is -2.24. The number of hydrogen-bond donors (Lipinski definition) is 0. The molecule has 0 amide bonds. The molecule has 1 aliphatic rings. The highest BCUT2D eigenvalue weighted by molar-refractivity contribution is 6.07. The van der Waals surface area contributed by atoms with Crippen LogP contribution >= 0.6 is 0 Å². The molecule has 0 spiro atoms. The third-order valence-corrected chi connectivity index (χ3v) is 2.88. The highest BCUT2D eigenvalue weighted by Crippen LogP contribution is 2.26. The first-order valence-electron chi connectivity index (χ1n) is 4.82. The second kappa shape index (κ2) is 3.37. The molecule has 72 valence electrons. The smallest absolute Gasteiger partial charge is 0.173 e. The van der Waals surface area contributed by atoms with E-state index in [0.29, 0.717) is 6.42 Å². The third-order valence-electron chi connectivity index (χ3n) is 2.88. The molecular formula is C12H12O2. The van der Waals surface area contributed by atoms with E-state index in [1.807, 2.05) is 25.1 Å². The van der Waals surface area contributed by atoms with Gasteiger partial charge in [-0.15, -0.1) is 0 Å². The van der Waals surface area contributed by atoms with Crippen molar-refractivity contribution in [3.63, 3.8) is 0 Å². The molecule has 0 aliphatic heterocycles. The van der Waals surface area contributed by atoms with Crippen molar-refractivity contribution in [2.45, 2.75) is 19.8 Å². The molecule has 1 unspecified atom stereocenters. The highest BCUT2D eigenvalue weighted by atomic mass is 16.1. The number of carbonyl (C=O) groups is 2. The number of rotatable bonds is 1. The molecule has 1 aliphatic carbocycles. The van der Waals surface area contributed by atoms with Crippen molar-refractivity contribution >= 4 is 12.1 Å². The first-order chi connectivity index (χ1) is 6.74. The average Bonchev–Trinajstić information content (AvgIpc) is 2.20. The zero-order valence-corrected chi connectivity index (χ0v) is 8.12. The second-order valence-electron chi connectivity index (χ2n) is 3.75. The zero-order chi connectivity index (χ0) is 10.1. The Labute approximate surface area is 82.9 Å². The van der Waals surface area contributed by atoms with E-state index >= 15 is 0 Å². The summed E-state index contributed by atoms with van der Waals surface area (Å²) in [6.07, 6.45) is 2.28. The largest absolute Gasteiger partial charge is 0.303 e. The van der Waals surface area contributed by atoms with Crippen LogP contribution in [0, 0.1) is 12.8 Å². The molecule has 14 heavy (non-hydrogen) atoms. The van der Waals surface area contributed by atoms with E-state index in [2.05, 4.69) is 0 Å². The quantitative estimate of drug-likeness (QED) is 0.498. The normalized spacial score (nSPS) is 20.4. The number of fused-ring (bicyclic) bond motifs is 1. The van der Waals surface area contributed by atoms with E-state index in [4.69, 9.17) is 0 Å². The third kappa shape index (κ3) is 1.27. The van der Waals surface area contributed by atoms with Gasteiger partial charge in [0.15, 0.2) is 5.78 Å². The maximum atomic E-state index is 11.8. The fraction of sp³-hybridized carbons (Fsp3) is 0.333. The molecule has 0 radical (unpaired) electrons. The molecule has 0 saturated heterocycles. The molecule has 1 aromatic carbocycles. The van der Waals surface area contributed by atoms with E-state index in [1.165, 1.54) is 0 Å². The summed E-state index contributed by atoms with van der Waals surface area (Å²) in [7, 11) is 0. The monoisotopic (exact) mass is 188 g/mol. The molecule has 0 heterocycles. The van der Waals surface area contributed by atoms with Crippen molar-refractivity contribution in [2.24, 2.45) is 5.92 Å². The van der Waals surface area contributed by atoms with Crippen molar-refractivity contribution in [3.8, 4) is 0 Å². The molecular weight excluding hydrogens is 176 g/mol. The van der Waals surface area contributed by atoms with Gasteiger partial charge in [-0.25, -0.2) is 0 Å².